The first-order chi connectivity index (χ1) is 39.9. The first-order valence-corrected chi connectivity index (χ1v) is 27.4. The number of carbonyl (C=O) groups excluding carboxylic acids is 4. The third kappa shape index (κ3) is 14.4. The summed E-state index contributed by atoms with van der Waals surface area (Å²) in [7, 11) is 0. The molecule has 3 atom stereocenters. The van der Waals surface area contributed by atoms with E-state index in [9.17, 15) is 39.0 Å². The lowest BCUT2D eigenvalue weighted by atomic mass is 9.84. The summed E-state index contributed by atoms with van der Waals surface area (Å²) >= 11 is 0. The molecule has 24 heteroatoms. The molecule has 8 rings (SSSR count). The highest BCUT2D eigenvalue weighted by molar-refractivity contribution is 6.06. The Balaban J connectivity index is 0.766. The van der Waals surface area contributed by atoms with Crippen LogP contribution in [0.4, 0.5) is 11.6 Å². The molecule has 13 N–H and O–H groups in total. The number of carbonyl (C=O) groups is 5. The highest BCUT2D eigenvalue weighted by atomic mass is 16.5. The predicted octanol–water partition coefficient (Wildman–Crippen LogP) is 4.91. The molecule has 0 saturated carbocycles. The van der Waals surface area contributed by atoms with Gasteiger partial charge in [-0.25, -0.2) is 15.0 Å². The number of imide groups is 1. The van der Waals surface area contributed by atoms with Crippen molar-refractivity contribution in [2.75, 3.05) is 57.2 Å². The molecule has 8 bridgehead atoms. The number of hydrogen-bond acceptors (Lipinski definition) is 17. The van der Waals surface area contributed by atoms with Crippen molar-refractivity contribution >= 4 is 91.7 Å². The van der Waals surface area contributed by atoms with E-state index in [2.05, 4.69) is 77.7 Å². The van der Waals surface area contributed by atoms with Crippen molar-refractivity contribution in [2.45, 2.75) is 97.6 Å². The molecule has 7 heterocycles. The number of ether oxygens (including phenoxy) is 2. The second-order valence-corrected chi connectivity index (χ2v) is 20.4. The van der Waals surface area contributed by atoms with Gasteiger partial charge in [0.2, 0.25) is 23.7 Å². The number of fused-ring (bicyclic) bond motifs is 9. The van der Waals surface area contributed by atoms with E-state index in [1.54, 1.807) is 12.1 Å². The summed E-state index contributed by atoms with van der Waals surface area (Å²) in [5.74, 6) is -3.70. The lowest BCUT2D eigenvalue weighted by Crippen LogP contribution is -2.44. The molecule has 436 valence electrons. The van der Waals surface area contributed by atoms with Crippen molar-refractivity contribution in [3.05, 3.63) is 127 Å². The van der Waals surface area contributed by atoms with Crippen LogP contribution >= 0.6 is 0 Å². The fourth-order valence-electron chi connectivity index (χ4n) is 10.2. The van der Waals surface area contributed by atoms with Gasteiger partial charge in [0.15, 0.2) is 11.2 Å². The Morgan fingerprint density at radius 3 is 2.20 bits per heavy atom. The number of hydrogen-bond donors (Lipinski definition) is 11. The van der Waals surface area contributed by atoms with E-state index >= 15 is 0 Å². The van der Waals surface area contributed by atoms with Crippen LogP contribution in [0, 0.1) is 13.8 Å². The van der Waals surface area contributed by atoms with E-state index in [0.717, 1.165) is 56.3 Å². The number of nitrogens with one attached hydrogen (secondary N) is 7. The van der Waals surface area contributed by atoms with Gasteiger partial charge in [-0.05, 0) is 105 Å². The minimum atomic E-state index is -1.12. The largest absolute Gasteiger partial charge is 0.481 e. The fraction of sp³-hybridized carbons (Fsp3) is 0.373. The molecule has 2 unspecified atom stereocenters. The number of allylic oxidation sites excluding steroid dienone is 1. The maximum atomic E-state index is 13.4. The van der Waals surface area contributed by atoms with Crippen molar-refractivity contribution in [1.82, 2.24) is 55.8 Å². The molecule has 5 aromatic heterocycles. The number of aliphatic carboxylic acids is 1. The van der Waals surface area contributed by atoms with Gasteiger partial charge in [0.1, 0.15) is 0 Å². The Bertz CT molecular complexity index is 3740. The second-order valence-electron chi connectivity index (χ2n) is 20.4. The minimum absolute atomic E-state index is 0.00836. The Morgan fingerprint density at radius 1 is 0.843 bits per heavy atom. The zero-order valence-corrected chi connectivity index (χ0v) is 47.1. The van der Waals surface area contributed by atoms with Crippen LogP contribution < -0.4 is 38.3 Å². The van der Waals surface area contributed by atoms with Gasteiger partial charge in [-0.3, -0.25) is 44.1 Å². The predicted molar refractivity (Wildman–Crippen MR) is 315 cm³/mol. The van der Waals surface area contributed by atoms with Crippen LogP contribution in [-0.4, -0.2) is 132 Å². The molecule has 2 aliphatic heterocycles. The molecule has 1 aromatic carbocycles. The van der Waals surface area contributed by atoms with Crippen molar-refractivity contribution in [1.29, 1.82) is 0 Å². The summed E-state index contributed by atoms with van der Waals surface area (Å²) in [4.78, 5) is 108. The second kappa shape index (κ2) is 27.2. The van der Waals surface area contributed by atoms with Crippen LogP contribution in [0.1, 0.15) is 125 Å². The van der Waals surface area contributed by atoms with Crippen molar-refractivity contribution in [3.63, 3.8) is 0 Å². The Labute approximate surface area is 477 Å². The minimum Gasteiger partial charge on any atom is -0.481 e. The van der Waals surface area contributed by atoms with Gasteiger partial charge >= 0.3 is 5.97 Å². The standard InChI is InChI=1S/C59H70N14O10/c1-7-37-30(3)43-24-45-32(5)39(52(69-45)40(23-51(77)78)53-41(29-74)33(6)46(70-53)26-48-38(8-2)31(4)44(68-48)25-47(37)67-43)13-15-49(75)62-17-19-82-21-22-83-20-18-63-50(76)16-14-42(60)57(80)72-56(79)34-9-11-35(12-10-34)64-27-36-28-65-55-54(66-36)58(81)73-59(61)71-55/h7,9-12,24-26,28,32,39,42,64,67-68,74H,1,8,13-23,27,29,60H2,2-6H3,(H,62,75)(H,63,76)(H,77,78)(H,72,79,80)(H3,61,65,71,73,81)/t32?,39?,42-/m0/s1. The van der Waals surface area contributed by atoms with E-state index in [4.69, 9.17) is 30.9 Å². The van der Waals surface area contributed by atoms with Crippen LogP contribution in [0.5, 0.6) is 0 Å². The number of rotatable bonds is 25. The maximum absolute atomic E-state index is 13.4. The third-order valence-electron chi connectivity index (χ3n) is 14.9. The molecule has 24 nitrogen and oxygen atoms in total. The van der Waals surface area contributed by atoms with Crippen molar-refractivity contribution < 1.29 is 43.7 Å². The molecule has 0 spiro atoms. The molecule has 6 aromatic rings. The lowest BCUT2D eigenvalue weighted by molar-refractivity contribution is -0.136. The average molecular weight is 1140 g/mol. The molecule has 4 amide bonds. The number of aliphatic hydroxyl groups excluding tert-OH is 1. The molecular formula is C59H70N14O10. The van der Waals surface area contributed by atoms with Crippen LogP contribution in [0.15, 0.2) is 60.0 Å². The molecule has 0 saturated heterocycles. The Kier molecular flexibility index (Phi) is 19.7. The van der Waals surface area contributed by atoms with Crippen molar-refractivity contribution in [2.24, 2.45) is 5.73 Å². The number of nitrogens with zero attached hydrogens (tertiary/aromatic N) is 5. The summed E-state index contributed by atoms with van der Waals surface area (Å²) in [5.41, 5.74) is 24.0. The number of benzene rings is 1. The molecule has 83 heavy (non-hydrogen) atoms. The highest BCUT2D eigenvalue weighted by Crippen LogP contribution is 2.43. The molecule has 0 aliphatic carbocycles. The van der Waals surface area contributed by atoms with E-state index in [0.29, 0.717) is 51.7 Å². The number of aryl methyl sites for hydroxylation is 3. The zero-order valence-electron chi connectivity index (χ0n) is 47.1. The fourth-order valence-corrected chi connectivity index (χ4v) is 10.2. The number of carboxylic acid groups (broad SMARTS) is 1. The first-order valence-electron chi connectivity index (χ1n) is 27.4. The highest BCUT2D eigenvalue weighted by Gasteiger charge is 2.34. The zero-order chi connectivity index (χ0) is 59.5. The van der Waals surface area contributed by atoms with Crippen LogP contribution in [0.25, 0.3) is 50.5 Å². The number of aromatic amines is 3. The van der Waals surface area contributed by atoms with Gasteiger partial charge in [-0.15, -0.1) is 0 Å². The van der Waals surface area contributed by atoms with E-state index in [1.807, 2.05) is 39.0 Å². The SMILES string of the molecule is C=Cc1c(C)c2cc3nc(c(CC(=O)O)c4nc(cc5[nH]c(cc1[nH]2)c(C)c5CC)C(C)=C4CO)C(CCC(=O)NCCOCCOCCNC(=O)CC[C@H](N)C(=O)NC(=O)c1ccc(NCc2cnc4nc(N)[nH]c(=O)c4n2)cc1)C3C. The number of aliphatic hydroxyl groups is 1. The smallest absolute Gasteiger partial charge is 0.307 e. The summed E-state index contributed by atoms with van der Waals surface area (Å²) in [6, 6.07) is 11.2. The topological polar surface area (TPSA) is 373 Å². The number of carboxylic acids is 1. The van der Waals surface area contributed by atoms with Gasteiger partial charge in [0.05, 0.1) is 81.0 Å². The van der Waals surface area contributed by atoms with Gasteiger partial charge in [0.25, 0.3) is 11.5 Å². The number of amides is 4. The van der Waals surface area contributed by atoms with Gasteiger partial charge in [-0.1, -0.05) is 26.5 Å². The summed E-state index contributed by atoms with van der Waals surface area (Å²) in [6.45, 7) is 15.3. The summed E-state index contributed by atoms with van der Waals surface area (Å²) in [6.07, 6.45) is 4.04. The monoisotopic (exact) mass is 1130 g/mol. The third-order valence-corrected chi connectivity index (χ3v) is 14.9. The normalized spacial score (nSPS) is 14.3. The number of H-pyrrole nitrogens is 3. The molecule has 0 radical (unpaired) electrons. The van der Waals surface area contributed by atoms with Gasteiger partial charge in [-0.2, -0.15) is 4.98 Å². The number of nitrogens with two attached hydrogens (primary N) is 2. The molecule has 2 aliphatic rings. The summed E-state index contributed by atoms with van der Waals surface area (Å²) < 4.78 is 11.2. The Morgan fingerprint density at radius 2 is 1.53 bits per heavy atom. The van der Waals surface area contributed by atoms with Crippen LogP contribution in [-0.2, 0) is 48.0 Å². The molecule has 0 fully saturated rings. The van der Waals surface area contributed by atoms with Crippen LogP contribution in [0.3, 0.4) is 0 Å². The van der Waals surface area contributed by atoms with E-state index in [1.165, 1.54) is 18.3 Å². The summed E-state index contributed by atoms with van der Waals surface area (Å²) in [5, 5.41) is 32.1. The van der Waals surface area contributed by atoms with Gasteiger partial charge < -0.3 is 57.1 Å². The van der Waals surface area contributed by atoms with Crippen molar-refractivity contribution in [3.8, 4) is 0 Å². The number of anilines is 2. The quantitative estimate of drug-likeness (QED) is 0.0339. The molecular weight excluding hydrogens is 1060 g/mol. The van der Waals surface area contributed by atoms with Crippen LogP contribution in [0.2, 0.25) is 0 Å². The number of nitrogen functional groups attached to an aromatic ring is 1. The Hall–Kier alpha value is -8.97. The average Bonchev–Trinajstić information content (AvgIpc) is 3.03. The van der Waals surface area contributed by atoms with E-state index in [-0.39, 0.29) is 118 Å². The lowest BCUT2D eigenvalue weighted by Gasteiger charge is -2.18. The van der Waals surface area contributed by atoms with Gasteiger partial charge in [0, 0.05) is 93.5 Å². The van der Waals surface area contributed by atoms with E-state index < -0.39 is 35.8 Å². The maximum Gasteiger partial charge on any atom is 0.307 e. The first kappa shape index (κ1) is 60.1. The number of aromatic nitrogens is 8.